The highest BCUT2D eigenvalue weighted by Crippen LogP contribution is 2.37. The fourth-order valence-electron chi connectivity index (χ4n) is 2.66. The number of hydrogen-bond donors (Lipinski definition) is 1. The van der Waals surface area contributed by atoms with Gasteiger partial charge in [0.1, 0.15) is 28.2 Å². The molecule has 3 rings (SSSR count). The van der Waals surface area contributed by atoms with Crippen molar-refractivity contribution in [2.75, 3.05) is 5.32 Å². The Morgan fingerprint density at radius 3 is 2.58 bits per heavy atom. The Labute approximate surface area is 191 Å². The molecule has 0 saturated heterocycles. The molecule has 1 N–H and O–H groups in total. The number of nitro groups is 1. The normalized spacial score (nSPS) is 11.1. The predicted molar refractivity (Wildman–Crippen MR) is 119 cm³/mol. The van der Waals surface area contributed by atoms with Gasteiger partial charge in [-0.25, -0.2) is 0 Å². The Morgan fingerprint density at radius 2 is 1.90 bits per heavy atom. The maximum atomic E-state index is 12.5. The SMILES string of the molecule is Cc1c(Cl)cccc1NC(=O)/C(C#N)=C\c1ccc(-c2cc([N+](=O)[O-])c(Cl)cc2Cl)o1. The maximum Gasteiger partial charge on any atom is 0.288 e. The van der Waals surface area contributed by atoms with E-state index in [2.05, 4.69) is 5.32 Å². The molecule has 0 aliphatic carbocycles. The van der Waals surface area contributed by atoms with Crippen LogP contribution in [0.5, 0.6) is 0 Å². The second kappa shape index (κ2) is 9.23. The third kappa shape index (κ3) is 4.89. The first-order valence-electron chi connectivity index (χ1n) is 8.63. The van der Waals surface area contributed by atoms with Crippen LogP contribution in [0.3, 0.4) is 0 Å². The van der Waals surface area contributed by atoms with Crippen LogP contribution in [-0.2, 0) is 4.79 Å². The minimum atomic E-state index is -0.647. The predicted octanol–water partition coefficient (Wildman–Crippen LogP) is 6.67. The van der Waals surface area contributed by atoms with E-state index in [1.807, 2.05) is 6.07 Å². The minimum absolute atomic E-state index is 0.106. The zero-order valence-corrected chi connectivity index (χ0v) is 18.0. The Kier molecular flexibility index (Phi) is 6.66. The number of hydrogen-bond acceptors (Lipinski definition) is 5. The van der Waals surface area contributed by atoms with E-state index < -0.39 is 10.8 Å². The molecule has 0 saturated carbocycles. The molecule has 2 aromatic carbocycles. The summed E-state index contributed by atoms with van der Waals surface area (Å²) in [5.74, 6) is -0.261. The zero-order valence-electron chi connectivity index (χ0n) is 15.8. The molecule has 3 aromatic rings. The summed E-state index contributed by atoms with van der Waals surface area (Å²) in [6.45, 7) is 1.74. The van der Waals surface area contributed by atoms with Crippen molar-refractivity contribution in [2.45, 2.75) is 6.92 Å². The summed E-state index contributed by atoms with van der Waals surface area (Å²) in [6, 6.07) is 12.3. The van der Waals surface area contributed by atoms with E-state index in [1.54, 1.807) is 25.1 Å². The number of benzene rings is 2. The average molecular weight is 477 g/mol. The standard InChI is InChI=1S/C21H12Cl3N3O4/c1-11-15(22)3-2-4-18(11)26-21(28)12(10-25)7-13-5-6-20(31-13)14-8-19(27(29)30)17(24)9-16(14)23/h2-9H,1H3,(H,26,28)/b12-7-. The molecule has 0 spiro atoms. The van der Waals surface area contributed by atoms with Crippen LogP contribution in [0.15, 0.2) is 52.5 Å². The lowest BCUT2D eigenvalue weighted by Gasteiger charge is -2.08. The highest BCUT2D eigenvalue weighted by Gasteiger charge is 2.19. The van der Waals surface area contributed by atoms with E-state index in [0.717, 1.165) is 0 Å². The number of nitrogens with one attached hydrogen (secondary N) is 1. The average Bonchev–Trinajstić information content (AvgIpc) is 3.17. The van der Waals surface area contributed by atoms with Crippen LogP contribution in [-0.4, -0.2) is 10.8 Å². The van der Waals surface area contributed by atoms with Gasteiger partial charge in [-0.05, 0) is 42.8 Å². The smallest absolute Gasteiger partial charge is 0.288 e. The summed E-state index contributed by atoms with van der Waals surface area (Å²) in [5, 5.41) is 23.7. The lowest BCUT2D eigenvalue weighted by molar-refractivity contribution is -0.384. The molecule has 0 bridgehead atoms. The van der Waals surface area contributed by atoms with Gasteiger partial charge in [0, 0.05) is 28.4 Å². The van der Waals surface area contributed by atoms with Gasteiger partial charge in [-0.15, -0.1) is 0 Å². The van der Waals surface area contributed by atoms with Crippen LogP contribution in [0, 0.1) is 28.4 Å². The molecular weight excluding hydrogens is 465 g/mol. The fraction of sp³-hybridized carbons (Fsp3) is 0.0476. The summed E-state index contributed by atoms with van der Waals surface area (Å²) >= 11 is 18.0. The molecule has 0 aliphatic heterocycles. The maximum absolute atomic E-state index is 12.5. The Morgan fingerprint density at radius 1 is 1.16 bits per heavy atom. The van der Waals surface area contributed by atoms with Gasteiger partial charge in [0.2, 0.25) is 0 Å². The van der Waals surface area contributed by atoms with Crippen LogP contribution in [0.25, 0.3) is 17.4 Å². The Bertz CT molecular complexity index is 1280. The molecule has 10 heteroatoms. The van der Waals surface area contributed by atoms with Gasteiger partial charge in [-0.3, -0.25) is 14.9 Å². The molecule has 156 valence electrons. The summed E-state index contributed by atoms with van der Waals surface area (Å²) in [7, 11) is 0. The molecule has 1 aromatic heterocycles. The first-order chi connectivity index (χ1) is 14.7. The van der Waals surface area contributed by atoms with Gasteiger partial charge in [0.25, 0.3) is 11.6 Å². The Balaban J connectivity index is 1.90. The molecule has 0 unspecified atom stereocenters. The molecule has 0 radical (unpaired) electrons. The molecule has 7 nitrogen and oxygen atoms in total. The number of carbonyl (C=O) groups is 1. The first-order valence-corrected chi connectivity index (χ1v) is 9.76. The first kappa shape index (κ1) is 22.4. The number of rotatable bonds is 5. The van der Waals surface area contributed by atoms with Crippen molar-refractivity contribution in [2.24, 2.45) is 0 Å². The van der Waals surface area contributed by atoms with E-state index in [4.69, 9.17) is 39.2 Å². The summed E-state index contributed by atoms with van der Waals surface area (Å²) in [6.07, 6.45) is 1.25. The second-order valence-corrected chi connectivity index (χ2v) is 7.50. The van der Waals surface area contributed by atoms with Gasteiger partial charge in [-0.1, -0.05) is 40.9 Å². The fourth-order valence-corrected chi connectivity index (χ4v) is 3.38. The largest absolute Gasteiger partial charge is 0.457 e. The van der Waals surface area contributed by atoms with Crippen molar-refractivity contribution in [3.8, 4) is 17.4 Å². The minimum Gasteiger partial charge on any atom is -0.457 e. The van der Waals surface area contributed by atoms with Crippen LogP contribution >= 0.6 is 34.8 Å². The van der Waals surface area contributed by atoms with Crippen molar-refractivity contribution >= 4 is 58.2 Å². The number of nitriles is 1. The van der Waals surface area contributed by atoms with Gasteiger partial charge in [0.15, 0.2) is 0 Å². The number of carbonyl (C=O) groups excluding carboxylic acids is 1. The van der Waals surface area contributed by atoms with E-state index in [1.165, 1.54) is 30.3 Å². The summed E-state index contributed by atoms with van der Waals surface area (Å²) in [5.41, 5.74) is 0.833. The number of nitrogens with zero attached hydrogens (tertiary/aromatic N) is 2. The number of amides is 1. The highest BCUT2D eigenvalue weighted by atomic mass is 35.5. The molecule has 0 fully saturated rings. The van der Waals surface area contributed by atoms with Crippen molar-refractivity contribution in [3.05, 3.63) is 84.5 Å². The third-order valence-electron chi connectivity index (χ3n) is 4.29. The van der Waals surface area contributed by atoms with E-state index in [9.17, 15) is 20.2 Å². The Hall–Kier alpha value is -3.31. The molecule has 31 heavy (non-hydrogen) atoms. The molecule has 0 aliphatic rings. The summed E-state index contributed by atoms with van der Waals surface area (Å²) in [4.78, 5) is 23.0. The molecule has 1 heterocycles. The van der Waals surface area contributed by atoms with Crippen LogP contribution in [0.4, 0.5) is 11.4 Å². The van der Waals surface area contributed by atoms with Crippen LogP contribution in [0.1, 0.15) is 11.3 Å². The monoisotopic (exact) mass is 475 g/mol. The van der Waals surface area contributed by atoms with Crippen molar-refractivity contribution < 1.29 is 14.1 Å². The lowest BCUT2D eigenvalue weighted by atomic mass is 10.1. The van der Waals surface area contributed by atoms with E-state index in [-0.39, 0.29) is 38.4 Å². The van der Waals surface area contributed by atoms with Crippen LogP contribution < -0.4 is 5.32 Å². The van der Waals surface area contributed by atoms with Crippen molar-refractivity contribution in [3.63, 3.8) is 0 Å². The van der Waals surface area contributed by atoms with Gasteiger partial charge < -0.3 is 9.73 Å². The third-order valence-corrected chi connectivity index (χ3v) is 5.32. The number of halogens is 3. The molecule has 1 amide bonds. The lowest BCUT2D eigenvalue weighted by Crippen LogP contribution is -2.14. The van der Waals surface area contributed by atoms with E-state index >= 15 is 0 Å². The zero-order chi connectivity index (χ0) is 22.7. The molecule has 0 atom stereocenters. The number of nitro benzene ring substituents is 1. The topological polar surface area (TPSA) is 109 Å². The second-order valence-electron chi connectivity index (χ2n) is 6.28. The highest BCUT2D eigenvalue weighted by molar-refractivity contribution is 6.37. The summed E-state index contributed by atoms with van der Waals surface area (Å²) < 4.78 is 5.62. The van der Waals surface area contributed by atoms with Crippen LogP contribution in [0.2, 0.25) is 15.1 Å². The molecular formula is C21H12Cl3N3O4. The van der Waals surface area contributed by atoms with Crippen molar-refractivity contribution in [1.82, 2.24) is 0 Å². The van der Waals surface area contributed by atoms with Gasteiger partial charge >= 0.3 is 0 Å². The van der Waals surface area contributed by atoms with E-state index in [0.29, 0.717) is 16.3 Å². The van der Waals surface area contributed by atoms with Gasteiger partial charge in [0.05, 0.1) is 9.95 Å². The van der Waals surface area contributed by atoms with Crippen molar-refractivity contribution in [1.29, 1.82) is 5.26 Å². The number of anilines is 1. The van der Waals surface area contributed by atoms with Gasteiger partial charge in [-0.2, -0.15) is 5.26 Å². The number of furan rings is 1. The quantitative estimate of drug-likeness (QED) is 0.191.